The molecule has 0 radical (unpaired) electrons. The largest absolute Gasteiger partial charge is 0.444 e. The first-order valence-electron chi connectivity index (χ1n) is 7.53. The lowest BCUT2D eigenvalue weighted by Gasteiger charge is -2.29. The number of likely N-dealkylation sites (tertiary alicyclic amines) is 1. The minimum Gasteiger partial charge on any atom is -0.444 e. The number of hydrogen-bond acceptors (Lipinski definition) is 4. The summed E-state index contributed by atoms with van der Waals surface area (Å²) in [6.07, 6.45) is 0.436. The van der Waals surface area contributed by atoms with Gasteiger partial charge in [-0.25, -0.2) is 4.79 Å². The highest BCUT2D eigenvalue weighted by atomic mass is 16.6. The van der Waals surface area contributed by atoms with Crippen LogP contribution < -0.4 is 5.73 Å². The van der Waals surface area contributed by atoms with Gasteiger partial charge < -0.3 is 20.3 Å². The zero-order valence-corrected chi connectivity index (χ0v) is 14.0. The lowest BCUT2D eigenvalue weighted by Crippen LogP contribution is -2.49. The maximum absolute atomic E-state index is 12.2. The van der Waals surface area contributed by atoms with E-state index in [1.165, 1.54) is 0 Å². The Morgan fingerprint density at radius 2 is 1.90 bits per heavy atom. The lowest BCUT2D eigenvalue weighted by atomic mass is 10.0. The maximum Gasteiger partial charge on any atom is 0.410 e. The van der Waals surface area contributed by atoms with Crippen LogP contribution in [0.1, 0.15) is 41.0 Å². The molecule has 0 unspecified atom stereocenters. The van der Waals surface area contributed by atoms with Gasteiger partial charge >= 0.3 is 6.09 Å². The SMILES string of the molecule is CC(C)[C@H](N)C(=O)N(C)[C@H]1CCN(C(=O)OC(C)(C)C)C1. The van der Waals surface area contributed by atoms with Crippen LogP contribution in [0.25, 0.3) is 0 Å². The average Bonchev–Trinajstić information content (AvgIpc) is 2.83. The first-order valence-corrected chi connectivity index (χ1v) is 7.53. The van der Waals surface area contributed by atoms with E-state index in [-0.39, 0.29) is 24.0 Å². The normalized spacial score (nSPS) is 20.6. The Morgan fingerprint density at radius 3 is 2.38 bits per heavy atom. The summed E-state index contributed by atoms with van der Waals surface area (Å²) in [5.74, 6) is 0.0318. The summed E-state index contributed by atoms with van der Waals surface area (Å²) in [6.45, 7) is 10.5. The van der Waals surface area contributed by atoms with Gasteiger partial charge in [0, 0.05) is 20.1 Å². The fourth-order valence-corrected chi connectivity index (χ4v) is 2.25. The van der Waals surface area contributed by atoms with Crippen molar-refractivity contribution in [3.63, 3.8) is 0 Å². The van der Waals surface area contributed by atoms with Gasteiger partial charge in [0.25, 0.3) is 0 Å². The second-order valence-corrected chi connectivity index (χ2v) is 7.09. The van der Waals surface area contributed by atoms with Crippen LogP contribution in [0.4, 0.5) is 4.79 Å². The van der Waals surface area contributed by atoms with Crippen LogP contribution in [0.2, 0.25) is 0 Å². The minimum atomic E-state index is -0.503. The van der Waals surface area contributed by atoms with Crippen molar-refractivity contribution in [2.75, 3.05) is 20.1 Å². The molecule has 6 nitrogen and oxygen atoms in total. The molecular weight excluding hydrogens is 270 g/mol. The Morgan fingerprint density at radius 1 is 1.33 bits per heavy atom. The molecule has 1 saturated heterocycles. The van der Waals surface area contributed by atoms with Crippen LogP contribution >= 0.6 is 0 Å². The number of ether oxygens (including phenoxy) is 1. The van der Waals surface area contributed by atoms with Crippen molar-refractivity contribution in [2.24, 2.45) is 11.7 Å². The van der Waals surface area contributed by atoms with Crippen LogP contribution in [-0.2, 0) is 9.53 Å². The molecule has 0 aromatic heterocycles. The molecule has 1 rings (SSSR count). The molecule has 1 heterocycles. The van der Waals surface area contributed by atoms with E-state index in [1.54, 1.807) is 16.8 Å². The monoisotopic (exact) mass is 299 g/mol. The third-order valence-electron chi connectivity index (χ3n) is 3.71. The summed E-state index contributed by atoms with van der Waals surface area (Å²) < 4.78 is 5.35. The number of hydrogen-bond donors (Lipinski definition) is 1. The molecule has 2 amide bonds. The van der Waals surface area contributed by atoms with Gasteiger partial charge in [0.15, 0.2) is 0 Å². The van der Waals surface area contributed by atoms with Gasteiger partial charge in [0.1, 0.15) is 5.60 Å². The van der Waals surface area contributed by atoms with Gasteiger partial charge in [-0.1, -0.05) is 13.8 Å². The van der Waals surface area contributed by atoms with Crippen LogP contribution in [0.15, 0.2) is 0 Å². The molecule has 6 heteroatoms. The third-order valence-corrected chi connectivity index (χ3v) is 3.71. The van der Waals surface area contributed by atoms with E-state index in [2.05, 4.69) is 0 Å². The average molecular weight is 299 g/mol. The molecule has 0 aliphatic carbocycles. The van der Waals surface area contributed by atoms with Crippen LogP contribution in [0.5, 0.6) is 0 Å². The summed E-state index contributed by atoms with van der Waals surface area (Å²) in [5, 5.41) is 0. The Balaban J connectivity index is 2.58. The smallest absolute Gasteiger partial charge is 0.410 e. The molecule has 1 aliphatic rings. The molecule has 2 atom stereocenters. The van der Waals surface area contributed by atoms with Crippen molar-refractivity contribution in [3.8, 4) is 0 Å². The third kappa shape index (κ3) is 4.88. The number of likely N-dealkylation sites (N-methyl/N-ethyl adjacent to an activating group) is 1. The van der Waals surface area contributed by atoms with Crippen molar-refractivity contribution in [1.29, 1.82) is 0 Å². The fourth-order valence-electron chi connectivity index (χ4n) is 2.25. The Hall–Kier alpha value is -1.30. The second-order valence-electron chi connectivity index (χ2n) is 7.09. The quantitative estimate of drug-likeness (QED) is 0.855. The highest BCUT2D eigenvalue weighted by Gasteiger charge is 2.34. The summed E-state index contributed by atoms with van der Waals surface area (Å²) in [6, 6.07) is -0.486. The minimum absolute atomic E-state index is 0.00909. The lowest BCUT2D eigenvalue weighted by molar-refractivity contribution is -0.134. The molecular formula is C15H29N3O3. The predicted octanol–water partition coefficient (Wildman–Crippen LogP) is 1.44. The van der Waals surface area contributed by atoms with E-state index in [0.29, 0.717) is 13.1 Å². The number of carbonyl (C=O) groups is 2. The molecule has 2 N–H and O–H groups in total. The van der Waals surface area contributed by atoms with Crippen molar-refractivity contribution in [1.82, 2.24) is 9.80 Å². The Bertz CT molecular complexity index is 390. The van der Waals surface area contributed by atoms with E-state index in [1.807, 2.05) is 34.6 Å². The van der Waals surface area contributed by atoms with E-state index >= 15 is 0 Å². The highest BCUT2D eigenvalue weighted by molar-refractivity contribution is 5.82. The highest BCUT2D eigenvalue weighted by Crippen LogP contribution is 2.19. The maximum atomic E-state index is 12.2. The molecule has 0 spiro atoms. The predicted molar refractivity (Wildman–Crippen MR) is 81.8 cm³/mol. The molecule has 1 aliphatic heterocycles. The first kappa shape index (κ1) is 17.8. The standard InChI is InChI=1S/C15H29N3O3/c1-10(2)12(16)13(19)17(6)11-7-8-18(9-11)14(20)21-15(3,4)5/h10-12H,7-9,16H2,1-6H3/t11-,12-/m0/s1. The van der Waals surface area contributed by atoms with Gasteiger partial charge in [0.2, 0.25) is 5.91 Å². The zero-order chi connectivity index (χ0) is 16.4. The van der Waals surface area contributed by atoms with Crippen LogP contribution in [0.3, 0.4) is 0 Å². The van der Waals surface area contributed by atoms with Gasteiger partial charge in [-0.3, -0.25) is 4.79 Å². The van der Waals surface area contributed by atoms with Crippen LogP contribution in [-0.4, -0.2) is 59.6 Å². The Labute approximate surface area is 127 Å². The summed E-state index contributed by atoms with van der Waals surface area (Å²) >= 11 is 0. The number of nitrogens with zero attached hydrogens (tertiary/aromatic N) is 2. The zero-order valence-electron chi connectivity index (χ0n) is 14.0. The Kier molecular flexibility index (Phi) is 5.61. The van der Waals surface area contributed by atoms with Crippen LogP contribution in [0, 0.1) is 5.92 Å². The summed E-state index contributed by atoms with van der Waals surface area (Å²) in [5.41, 5.74) is 5.41. The van der Waals surface area contributed by atoms with Gasteiger partial charge in [-0.05, 0) is 33.1 Å². The van der Waals surface area contributed by atoms with Gasteiger partial charge in [-0.2, -0.15) is 0 Å². The van der Waals surface area contributed by atoms with Crippen molar-refractivity contribution in [2.45, 2.75) is 58.7 Å². The van der Waals surface area contributed by atoms with E-state index in [0.717, 1.165) is 6.42 Å². The van der Waals surface area contributed by atoms with Gasteiger partial charge in [-0.15, -0.1) is 0 Å². The second kappa shape index (κ2) is 6.64. The van der Waals surface area contributed by atoms with E-state index in [4.69, 9.17) is 10.5 Å². The number of rotatable bonds is 3. The summed E-state index contributed by atoms with van der Waals surface area (Å²) in [7, 11) is 1.76. The topological polar surface area (TPSA) is 75.9 Å². The summed E-state index contributed by atoms with van der Waals surface area (Å²) in [4.78, 5) is 27.6. The number of amides is 2. The van der Waals surface area contributed by atoms with Crippen molar-refractivity contribution >= 4 is 12.0 Å². The molecule has 1 fully saturated rings. The molecule has 0 aromatic carbocycles. The van der Waals surface area contributed by atoms with Gasteiger partial charge in [0.05, 0.1) is 12.1 Å². The van der Waals surface area contributed by atoms with E-state index in [9.17, 15) is 9.59 Å². The molecule has 0 bridgehead atoms. The first-order chi connectivity index (χ1) is 9.53. The number of carbonyl (C=O) groups excluding carboxylic acids is 2. The molecule has 0 aromatic rings. The van der Waals surface area contributed by atoms with E-state index < -0.39 is 11.6 Å². The molecule has 21 heavy (non-hydrogen) atoms. The number of nitrogens with two attached hydrogens (primary N) is 1. The fraction of sp³-hybridized carbons (Fsp3) is 0.867. The van der Waals surface area contributed by atoms with Crippen molar-refractivity contribution in [3.05, 3.63) is 0 Å². The molecule has 122 valence electrons. The van der Waals surface area contributed by atoms with Crippen molar-refractivity contribution < 1.29 is 14.3 Å². The molecule has 0 saturated carbocycles.